The van der Waals surface area contributed by atoms with Gasteiger partial charge in [0.1, 0.15) is 5.69 Å². The first-order valence-electron chi connectivity index (χ1n) is 7.36. The molecule has 0 spiro atoms. The highest BCUT2D eigenvalue weighted by Crippen LogP contribution is 2.40. The third kappa shape index (κ3) is 2.50. The predicted molar refractivity (Wildman–Crippen MR) is 85.0 cm³/mol. The molecule has 3 aromatic heterocycles. The summed E-state index contributed by atoms with van der Waals surface area (Å²) in [5, 5.41) is 5.07. The summed E-state index contributed by atoms with van der Waals surface area (Å²) in [4.78, 5) is 22.1. The predicted octanol–water partition coefficient (Wildman–Crippen LogP) is 2.98. The summed E-state index contributed by atoms with van der Waals surface area (Å²) < 4.78 is 1.87. The van der Waals surface area contributed by atoms with Gasteiger partial charge in [-0.25, -0.2) is 4.98 Å². The average molecular weight is 312 g/mol. The third-order valence-corrected chi connectivity index (χ3v) is 4.73. The minimum absolute atomic E-state index is 0.0212. The van der Waals surface area contributed by atoms with Crippen molar-refractivity contribution >= 4 is 22.2 Å². The highest BCUT2D eigenvalue weighted by molar-refractivity contribution is 7.15. The second-order valence-corrected chi connectivity index (χ2v) is 6.64. The average Bonchev–Trinajstić information content (AvgIpc) is 3.10. The Balaban J connectivity index is 1.59. The number of aromatic nitrogens is 3. The van der Waals surface area contributed by atoms with Gasteiger partial charge in [0.05, 0.1) is 11.7 Å². The molecule has 1 fully saturated rings. The van der Waals surface area contributed by atoms with Gasteiger partial charge in [0, 0.05) is 24.0 Å². The Kier molecular flexibility index (Phi) is 3.18. The first kappa shape index (κ1) is 13.5. The van der Waals surface area contributed by atoms with Crippen molar-refractivity contribution in [2.45, 2.75) is 25.8 Å². The molecule has 4 rings (SSSR count). The van der Waals surface area contributed by atoms with Crippen LogP contribution in [-0.4, -0.2) is 20.3 Å². The van der Waals surface area contributed by atoms with Gasteiger partial charge in [0.15, 0.2) is 4.96 Å². The fraction of sp³-hybridized carbons (Fsp3) is 0.312. The van der Waals surface area contributed by atoms with Crippen molar-refractivity contribution in [1.82, 2.24) is 19.7 Å². The van der Waals surface area contributed by atoms with Gasteiger partial charge in [-0.2, -0.15) is 0 Å². The minimum atomic E-state index is -0.129. The van der Waals surface area contributed by atoms with E-state index in [2.05, 4.69) is 21.4 Å². The number of hydrogen-bond donors (Lipinski definition) is 1. The molecule has 22 heavy (non-hydrogen) atoms. The zero-order valence-electron chi connectivity index (χ0n) is 12.2. The van der Waals surface area contributed by atoms with Crippen molar-refractivity contribution < 1.29 is 4.79 Å². The molecule has 112 valence electrons. The molecule has 3 aromatic rings. The standard InChI is InChI=1S/C16H16N4OS/c1-10-4-5-17-12(8-10)14(11-2-3-11)19-15(21)13-9-20-6-7-22-16(20)18-13/h4-9,11,14H,2-3H2,1H3,(H,19,21). The molecule has 1 N–H and O–H groups in total. The van der Waals surface area contributed by atoms with Gasteiger partial charge >= 0.3 is 0 Å². The normalized spacial score (nSPS) is 15.9. The lowest BCUT2D eigenvalue weighted by Gasteiger charge is -2.17. The number of aryl methyl sites for hydroxylation is 1. The molecule has 1 saturated carbocycles. The van der Waals surface area contributed by atoms with Crippen LogP contribution in [0.15, 0.2) is 36.1 Å². The zero-order chi connectivity index (χ0) is 15.1. The molecule has 1 aliphatic rings. The van der Waals surface area contributed by atoms with Crippen LogP contribution >= 0.6 is 11.3 Å². The minimum Gasteiger partial charge on any atom is -0.342 e. The highest BCUT2D eigenvalue weighted by Gasteiger charge is 2.34. The van der Waals surface area contributed by atoms with E-state index in [0.717, 1.165) is 29.1 Å². The van der Waals surface area contributed by atoms with Crippen LogP contribution in [0.25, 0.3) is 4.96 Å². The first-order chi connectivity index (χ1) is 10.7. The van der Waals surface area contributed by atoms with Crippen LogP contribution in [-0.2, 0) is 0 Å². The summed E-state index contributed by atoms with van der Waals surface area (Å²) >= 11 is 1.52. The van der Waals surface area contributed by atoms with E-state index in [0.29, 0.717) is 11.6 Å². The number of hydrogen-bond acceptors (Lipinski definition) is 4. The van der Waals surface area contributed by atoms with Gasteiger partial charge < -0.3 is 5.32 Å². The van der Waals surface area contributed by atoms with Gasteiger partial charge in [-0.15, -0.1) is 11.3 Å². The Morgan fingerprint density at radius 3 is 3.09 bits per heavy atom. The van der Waals surface area contributed by atoms with E-state index in [4.69, 9.17) is 0 Å². The molecule has 3 heterocycles. The molecular formula is C16H16N4OS. The maximum atomic E-state index is 12.5. The quantitative estimate of drug-likeness (QED) is 0.805. The zero-order valence-corrected chi connectivity index (χ0v) is 13.0. The van der Waals surface area contributed by atoms with Crippen LogP contribution < -0.4 is 5.32 Å². The fourth-order valence-corrected chi connectivity index (χ4v) is 3.34. The van der Waals surface area contributed by atoms with Gasteiger partial charge in [-0.05, 0) is 43.4 Å². The molecule has 0 aromatic carbocycles. The highest BCUT2D eigenvalue weighted by atomic mass is 32.1. The van der Waals surface area contributed by atoms with Crippen LogP contribution in [0.4, 0.5) is 0 Å². The van der Waals surface area contributed by atoms with Crippen LogP contribution in [0.1, 0.15) is 40.6 Å². The largest absolute Gasteiger partial charge is 0.342 e. The molecular weight excluding hydrogens is 296 g/mol. The van der Waals surface area contributed by atoms with Gasteiger partial charge in [0.25, 0.3) is 5.91 Å². The molecule has 1 unspecified atom stereocenters. The summed E-state index contributed by atoms with van der Waals surface area (Å²) in [5.74, 6) is 0.359. The van der Waals surface area contributed by atoms with Crippen molar-refractivity contribution in [2.24, 2.45) is 5.92 Å². The van der Waals surface area contributed by atoms with Gasteiger partial charge in [-0.1, -0.05) is 0 Å². The Labute approximate surface area is 132 Å². The van der Waals surface area contributed by atoms with E-state index >= 15 is 0 Å². The number of pyridine rings is 1. The van der Waals surface area contributed by atoms with Crippen molar-refractivity contribution in [3.63, 3.8) is 0 Å². The maximum absolute atomic E-state index is 12.5. The molecule has 0 aliphatic heterocycles. The number of thiazole rings is 1. The summed E-state index contributed by atoms with van der Waals surface area (Å²) in [7, 11) is 0. The number of amides is 1. The monoisotopic (exact) mass is 312 g/mol. The van der Waals surface area contributed by atoms with E-state index in [-0.39, 0.29) is 11.9 Å². The third-order valence-electron chi connectivity index (χ3n) is 3.96. The van der Waals surface area contributed by atoms with Gasteiger partial charge in [0.2, 0.25) is 0 Å². The van der Waals surface area contributed by atoms with Crippen molar-refractivity contribution in [2.75, 3.05) is 0 Å². The number of nitrogens with one attached hydrogen (secondary N) is 1. The van der Waals surface area contributed by atoms with E-state index < -0.39 is 0 Å². The molecule has 0 radical (unpaired) electrons. The molecule has 0 bridgehead atoms. The summed E-state index contributed by atoms with van der Waals surface area (Å²) in [6.07, 6.45) is 7.76. The van der Waals surface area contributed by atoms with Crippen LogP contribution in [0, 0.1) is 12.8 Å². The molecule has 0 saturated heterocycles. The Bertz CT molecular complexity index is 805. The lowest BCUT2D eigenvalue weighted by atomic mass is 10.1. The summed E-state index contributed by atoms with van der Waals surface area (Å²) in [6, 6.07) is 4.00. The van der Waals surface area contributed by atoms with Crippen molar-refractivity contribution in [3.8, 4) is 0 Å². The van der Waals surface area contributed by atoms with E-state index in [1.807, 2.05) is 29.0 Å². The Morgan fingerprint density at radius 2 is 2.36 bits per heavy atom. The second kappa shape index (κ2) is 5.21. The topological polar surface area (TPSA) is 59.3 Å². The summed E-state index contributed by atoms with van der Waals surface area (Å²) in [5.41, 5.74) is 2.56. The van der Waals surface area contributed by atoms with Crippen molar-refractivity contribution in [3.05, 3.63) is 53.1 Å². The molecule has 1 atom stereocenters. The molecule has 6 heteroatoms. The van der Waals surface area contributed by atoms with Crippen LogP contribution in [0.2, 0.25) is 0 Å². The number of nitrogens with zero attached hydrogens (tertiary/aromatic N) is 3. The number of rotatable bonds is 4. The van der Waals surface area contributed by atoms with E-state index in [1.54, 1.807) is 12.4 Å². The van der Waals surface area contributed by atoms with Crippen LogP contribution in [0.3, 0.4) is 0 Å². The van der Waals surface area contributed by atoms with Crippen LogP contribution in [0.5, 0.6) is 0 Å². The number of imidazole rings is 1. The van der Waals surface area contributed by atoms with E-state index in [9.17, 15) is 4.79 Å². The first-order valence-corrected chi connectivity index (χ1v) is 8.24. The molecule has 1 amide bonds. The number of carbonyl (C=O) groups is 1. The number of fused-ring (bicyclic) bond motifs is 1. The van der Waals surface area contributed by atoms with Gasteiger partial charge in [-0.3, -0.25) is 14.2 Å². The lowest BCUT2D eigenvalue weighted by Crippen LogP contribution is -2.30. The van der Waals surface area contributed by atoms with E-state index in [1.165, 1.54) is 11.3 Å². The summed E-state index contributed by atoms with van der Waals surface area (Å²) in [6.45, 7) is 2.04. The van der Waals surface area contributed by atoms with Crippen molar-refractivity contribution in [1.29, 1.82) is 0 Å². The molecule has 1 aliphatic carbocycles. The smallest absolute Gasteiger partial charge is 0.272 e. The fourth-order valence-electron chi connectivity index (χ4n) is 2.64. The maximum Gasteiger partial charge on any atom is 0.272 e. The SMILES string of the molecule is Cc1ccnc(C(NC(=O)c2cn3ccsc3n2)C2CC2)c1. The Hall–Kier alpha value is -2.21. The number of carbonyl (C=O) groups excluding carboxylic acids is 1. The lowest BCUT2D eigenvalue weighted by molar-refractivity contribution is 0.0926. The Morgan fingerprint density at radius 1 is 1.50 bits per heavy atom. The second-order valence-electron chi connectivity index (χ2n) is 5.77. The molecule has 5 nitrogen and oxygen atoms in total.